The third-order valence-electron chi connectivity index (χ3n) is 8.97. The van der Waals surface area contributed by atoms with E-state index in [2.05, 4.69) is 131 Å². The molecule has 1 N–H and O–H groups in total. The summed E-state index contributed by atoms with van der Waals surface area (Å²) < 4.78 is 8.76. The Kier molecular flexibility index (Phi) is 4.71. The van der Waals surface area contributed by atoms with Gasteiger partial charge in [0.1, 0.15) is 11.2 Å². The van der Waals surface area contributed by atoms with Gasteiger partial charge in [0.15, 0.2) is 0 Å². The highest BCUT2D eigenvalue weighted by Crippen LogP contribution is 2.40. The molecule has 0 bridgehead atoms. The quantitative estimate of drug-likeness (QED) is 0.227. The molecule has 0 fully saturated rings. The number of benzene rings is 5. The van der Waals surface area contributed by atoms with Gasteiger partial charge >= 0.3 is 0 Å². The van der Waals surface area contributed by atoms with Crippen LogP contribution in [0.5, 0.6) is 0 Å². The zero-order valence-electron chi connectivity index (χ0n) is 23.6. The van der Waals surface area contributed by atoms with Crippen LogP contribution in [0.1, 0.15) is 5.56 Å². The van der Waals surface area contributed by atoms with E-state index in [0.29, 0.717) is 0 Å². The maximum atomic E-state index is 6.59. The summed E-state index contributed by atoms with van der Waals surface area (Å²) in [5, 5.41) is 9.11. The van der Waals surface area contributed by atoms with E-state index < -0.39 is 0 Å². The normalized spacial score (nSPS) is 13.0. The molecule has 0 radical (unpaired) electrons. The molecule has 0 saturated heterocycles. The molecule has 206 valence electrons. The van der Waals surface area contributed by atoms with E-state index in [9.17, 15) is 0 Å². The minimum atomic E-state index is 0.822. The Bertz CT molecular complexity index is 2660. The summed E-state index contributed by atoms with van der Waals surface area (Å²) in [4.78, 5) is 10.1. The maximum absolute atomic E-state index is 6.59. The Balaban J connectivity index is 1.12. The average molecular weight is 565 g/mol. The average Bonchev–Trinajstić information content (AvgIpc) is 3.67. The summed E-state index contributed by atoms with van der Waals surface area (Å²) in [6.07, 6.45) is 4.31. The monoisotopic (exact) mass is 564 g/mol. The van der Waals surface area contributed by atoms with Gasteiger partial charge in [0.05, 0.1) is 33.3 Å². The smallest absolute Gasteiger partial charge is 0.215 e. The molecule has 5 heterocycles. The molecule has 0 saturated carbocycles. The van der Waals surface area contributed by atoms with Gasteiger partial charge in [0.2, 0.25) is 5.71 Å². The topological polar surface area (TPSA) is 55.4 Å². The molecule has 1 aliphatic heterocycles. The molecule has 1 aliphatic rings. The number of hydrogen-bond donors (Lipinski definition) is 1. The van der Waals surface area contributed by atoms with Gasteiger partial charge in [0.25, 0.3) is 0 Å². The van der Waals surface area contributed by atoms with E-state index in [-0.39, 0.29) is 0 Å². The summed E-state index contributed by atoms with van der Waals surface area (Å²) in [7, 11) is 0. The maximum Gasteiger partial charge on any atom is 0.215 e. The van der Waals surface area contributed by atoms with Crippen LogP contribution in [0, 0.1) is 0 Å². The Labute approximate surface area is 251 Å². The van der Waals surface area contributed by atoms with Crippen LogP contribution in [0.2, 0.25) is 0 Å². The van der Waals surface area contributed by atoms with Gasteiger partial charge < -0.3 is 9.73 Å². The van der Waals surface area contributed by atoms with Crippen molar-refractivity contribution in [3.8, 4) is 22.4 Å². The zero-order valence-corrected chi connectivity index (χ0v) is 23.6. The molecule has 0 atom stereocenters. The summed E-state index contributed by atoms with van der Waals surface area (Å²) in [6.45, 7) is 0.822. The zero-order chi connectivity index (χ0) is 28.8. The SMILES string of the molecule is C1=Cc2ccc3ccc(-c4ccc(-c5ccc6oc7c(c6c5)c5ccccc5c5nc6ccccc6n57)cc4)nc3c2NC1. The van der Waals surface area contributed by atoms with E-state index in [1.165, 1.54) is 5.56 Å². The Hall–Kier alpha value is -5.94. The van der Waals surface area contributed by atoms with Crippen LogP contribution in [-0.2, 0) is 0 Å². The molecule has 10 rings (SSSR count). The van der Waals surface area contributed by atoms with Gasteiger partial charge in [-0.1, -0.05) is 97.1 Å². The van der Waals surface area contributed by atoms with Crippen molar-refractivity contribution < 1.29 is 4.42 Å². The van der Waals surface area contributed by atoms with Crippen LogP contribution in [0.15, 0.2) is 126 Å². The highest BCUT2D eigenvalue weighted by Gasteiger charge is 2.19. The molecule has 5 nitrogen and oxygen atoms in total. The van der Waals surface area contributed by atoms with Crippen molar-refractivity contribution in [3.05, 3.63) is 127 Å². The van der Waals surface area contributed by atoms with Crippen LogP contribution in [0.25, 0.3) is 88.9 Å². The van der Waals surface area contributed by atoms with Crippen molar-refractivity contribution >= 4 is 72.2 Å². The highest BCUT2D eigenvalue weighted by atomic mass is 16.3. The standard InChI is InChI=1S/C39H24N4O/c1-2-8-29-28(7-1)35-30-22-27(18-20-34(30)44-39(35)43-33-10-4-3-9-32(33)42-38(29)43)23-11-13-24(14-12-23)31-19-17-26-16-15-25-6-5-21-40-36(25)37(26)41-31/h1-20,22,40H,21H2. The predicted molar refractivity (Wildman–Crippen MR) is 181 cm³/mol. The van der Waals surface area contributed by atoms with Gasteiger partial charge in [-0.15, -0.1) is 0 Å². The van der Waals surface area contributed by atoms with E-state index in [1.54, 1.807) is 0 Å². The Morgan fingerprint density at radius 1 is 0.682 bits per heavy atom. The number of furan rings is 1. The fraction of sp³-hybridized carbons (Fsp3) is 0.0256. The van der Waals surface area contributed by atoms with E-state index in [0.717, 1.165) is 95.0 Å². The first-order valence-electron chi connectivity index (χ1n) is 14.9. The minimum absolute atomic E-state index is 0.822. The van der Waals surface area contributed by atoms with Crippen molar-refractivity contribution in [3.63, 3.8) is 0 Å². The molecule has 0 unspecified atom stereocenters. The fourth-order valence-electron chi connectivity index (χ4n) is 6.86. The molecule has 0 amide bonds. The van der Waals surface area contributed by atoms with Gasteiger partial charge in [-0.3, -0.25) is 4.40 Å². The molecule has 5 heteroatoms. The second-order valence-electron chi connectivity index (χ2n) is 11.5. The molecular weight excluding hydrogens is 540 g/mol. The second kappa shape index (κ2) is 8.79. The van der Waals surface area contributed by atoms with E-state index in [1.807, 2.05) is 6.07 Å². The Morgan fingerprint density at radius 2 is 1.48 bits per heavy atom. The number of pyridine rings is 2. The second-order valence-corrected chi connectivity index (χ2v) is 11.5. The van der Waals surface area contributed by atoms with Crippen LogP contribution in [0.3, 0.4) is 0 Å². The van der Waals surface area contributed by atoms with E-state index >= 15 is 0 Å². The summed E-state index contributed by atoms with van der Waals surface area (Å²) in [5.41, 5.74) is 12.3. The van der Waals surface area contributed by atoms with Crippen LogP contribution >= 0.6 is 0 Å². The van der Waals surface area contributed by atoms with Crippen molar-refractivity contribution in [1.82, 2.24) is 14.4 Å². The molecular formula is C39H24N4O. The van der Waals surface area contributed by atoms with Crippen molar-refractivity contribution in [2.45, 2.75) is 0 Å². The van der Waals surface area contributed by atoms with Gasteiger partial charge in [0, 0.05) is 28.3 Å². The van der Waals surface area contributed by atoms with Gasteiger partial charge in [-0.2, -0.15) is 0 Å². The molecule has 44 heavy (non-hydrogen) atoms. The summed E-state index contributed by atoms with van der Waals surface area (Å²) in [5.74, 6) is 0. The first kappa shape index (κ1) is 23.6. The molecule has 9 aromatic rings. The van der Waals surface area contributed by atoms with Crippen molar-refractivity contribution in [2.24, 2.45) is 0 Å². The van der Waals surface area contributed by atoms with E-state index in [4.69, 9.17) is 14.4 Å². The number of aromatic nitrogens is 3. The Morgan fingerprint density at radius 3 is 2.41 bits per heavy atom. The third-order valence-corrected chi connectivity index (χ3v) is 8.97. The van der Waals surface area contributed by atoms with Crippen molar-refractivity contribution in [2.75, 3.05) is 11.9 Å². The highest BCUT2D eigenvalue weighted by molar-refractivity contribution is 6.22. The van der Waals surface area contributed by atoms with Crippen LogP contribution in [-0.4, -0.2) is 20.9 Å². The predicted octanol–water partition coefficient (Wildman–Crippen LogP) is 9.86. The summed E-state index contributed by atoms with van der Waals surface area (Å²) in [6, 6.07) is 40.5. The number of para-hydroxylation sites is 2. The van der Waals surface area contributed by atoms with Gasteiger partial charge in [-0.05, 0) is 52.4 Å². The molecule has 0 spiro atoms. The molecule has 4 aromatic heterocycles. The number of rotatable bonds is 2. The lowest BCUT2D eigenvalue weighted by Crippen LogP contribution is -2.05. The number of anilines is 1. The molecule has 0 aliphatic carbocycles. The number of hydrogen-bond acceptors (Lipinski definition) is 4. The van der Waals surface area contributed by atoms with Crippen LogP contribution < -0.4 is 5.32 Å². The lowest BCUT2D eigenvalue weighted by molar-refractivity contribution is 0.650. The third kappa shape index (κ3) is 3.29. The lowest BCUT2D eigenvalue weighted by Gasteiger charge is -2.15. The fourth-order valence-corrected chi connectivity index (χ4v) is 6.86. The number of nitrogens with zero attached hydrogens (tertiary/aromatic N) is 3. The summed E-state index contributed by atoms with van der Waals surface area (Å²) >= 11 is 0. The first-order chi connectivity index (χ1) is 21.8. The number of nitrogens with one attached hydrogen (secondary N) is 1. The number of imidazole rings is 1. The molecule has 5 aromatic carbocycles. The van der Waals surface area contributed by atoms with Crippen molar-refractivity contribution in [1.29, 1.82) is 0 Å². The van der Waals surface area contributed by atoms with Crippen LogP contribution in [0.4, 0.5) is 5.69 Å². The van der Waals surface area contributed by atoms with Gasteiger partial charge in [-0.25, -0.2) is 9.97 Å². The number of fused-ring (bicyclic) bond motifs is 13. The minimum Gasteiger partial charge on any atom is -0.439 e. The largest absolute Gasteiger partial charge is 0.439 e. The lowest BCUT2D eigenvalue weighted by atomic mass is 9.99. The first-order valence-corrected chi connectivity index (χ1v) is 14.9.